The lowest BCUT2D eigenvalue weighted by atomic mass is 9.96. The molecule has 0 aromatic heterocycles. The molecular weight excluding hydrogens is 937 g/mol. The van der Waals surface area contributed by atoms with Crippen LogP contribution in [-0.4, -0.2) is 81.6 Å². The second-order valence-corrected chi connectivity index (χ2v) is 15.3. The molecule has 2 aliphatic rings. The Morgan fingerprint density at radius 3 is 1.28 bits per heavy atom. The average molecular weight is 990 g/mol. The van der Waals surface area contributed by atoms with Gasteiger partial charge in [0.05, 0.1) is 22.6 Å². The molecule has 0 amide bonds. The average Bonchev–Trinajstić information content (AvgIpc) is 3.53. The number of aryl methyl sites for hydroxylation is 2. The van der Waals surface area contributed by atoms with E-state index in [9.17, 15) is 39.0 Å². The molecule has 0 spiro atoms. The largest absolute Gasteiger partial charge is 0.478 e. The summed E-state index contributed by atoms with van der Waals surface area (Å²) in [5.74, 6) is -5.60. The highest BCUT2D eigenvalue weighted by atomic mass is 32.1. The molecule has 4 atom stereocenters. The number of aliphatic carboxylic acids is 2. The summed E-state index contributed by atoms with van der Waals surface area (Å²) in [5, 5.41) is 18.6. The molecule has 0 bridgehead atoms. The number of hydrogen-bond acceptors (Lipinski definition) is 11. The minimum Gasteiger partial charge on any atom is -0.478 e. The number of nitrogens with zero attached hydrogens (tertiary/aromatic N) is 2. The van der Waals surface area contributed by atoms with Gasteiger partial charge in [-0.1, -0.05) is 145 Å². The summed E-state index contributed by atoms with van der Waals surface area (Å²) < 4.78 is 9.64. The van der Waals surface area contributed by atoms with E-state index in [1.165, 1.54) is 24.3 Å². The number of aliphatic imine (C=N–C) groups is 2. The fourth-order valence-electron chi connectivity index (χ4n) is 6.87. The SMILES string of the molecule is Cc1ccc(C(=O)O[C@H](C(=O)O)[C@H](OC(=O)c2ccc(C)cc2)C(=O)O)cc1.N[C@H]1N=C(c2ccccc2)c2ccccc2CC1=O.S.S.S.[NH3+][C@H]1N=C(c2ccccc2)c2ccccc2CC1=O. The molecule has 6 aromatic rings. The quantitative estimate of drug-likeness (QED) is 0.128. The van der Waals surface area contributed by atoms with Gasteiger partial charge in [-0.05, 0) is 49.2 Å². The number of esters is 2. The van der Waals surface area contributed by atoms with E-state index in [0.29, 0.717) is 12.8 Å². The molecule has 0 saturated carbocycles. The summed E-state index contributed by atoms with van der Waals surface area (Å²) in [6.07, 6.45) is -4.99. The Bertz CT molecular complexity index is 2620. The number of nitrogens with two attached hydrogens (primary N) is 1. The van der Waals surface area contributed by atoms with Gasteiger partial charge in [-0.3, -0.25) is 14.6 Å². The van der Waals surface area contributed by atoms with E-state index in [1.807, 2.05) is 109 Å². The number of ether oxygens (including phenoxy) is 2. The fraction of sp³-hybridized carbons (Fsp3) is 0.154. The maximum absolute atomic E-state index is 12.2. The van der Waals surface area contributed by atoms with Crippen molar-refractivity contribution in [1.82, 2.24) is 0 Å². The summed E-state index contributed by atoms with van der Waals surface area (Å²) >= 11 is 0. The molecule has 8 rings (SSSR count). The number of benzene rings is 6. The molecule has 0 saturated heterocycles. The van der Waals surface area contributed by atoms with Crippen LogP contribution in [0.5, 0.6) is 0 Å². The van der Waals surface area contributed by atoms with Crippen LogP contribution >= 0.6 is 40.5 Å². The molecule has 0 fully saturated rings. The highest BCUT2D eigenvalue weighted by molar-refractivity contribution is 7.59. The summed E-state index contributed by atoms with van der Waals surface area (Å²) in [7, 11) is 0. The van der Waals surface area contributed by atoms with Crippen molar-refractivity contribution in [2.45, 2.75) is 51.2 Å². The molecule has 0 unspecified atom stereocenters. The topological polar surface area (TPSA) is 240 Å². The van der Waals surface area contributed by atoms with Gasteiger partial charge in [-0.15, -0.1) is 0 Å². The molecule has 14 nitrogen and oxygen atoms in total. The van der Waals surface area contributed by atoms with E-state index in [4.69, 9.17) is 15.2 Å². The highest BCUT2D eigenvalue weighted by Gasteiger charge is 2.41. The van der Waals surface area contributed by atoms with E-state index in [1.54, 1.807) is 38.1 Å². The van der Waals surface area contributed by atoms with Crippen molar-refractivity contribution in [2.24, 2.45) is 15.7 Å². The zero-order chi connectivity index (χ0) is 47.3. The highest BCUT2D eigenvalue weighted by Crippen LogP contribution is 2.22. The first kappa shape index (κ1) is 56.2. The van der Waals surface area contributed by atoms with Crippen LogP contribution in [0.15, 0.2) is 168 Å². The zero-order valence-corrected chi connectivity index (χ0v) is 40.6. The predicted octanol–water partition coefficient (Wildman–Crippen LogP) is 5.71. The van der Waals surface area contributed by atoms with Crippen molar-refractivity contribution in [2.75, 3.05) is 0 Å². The minimum absolute atomic E-state index is 0. The number of carbonyl (C=O) groups excluding carboxylic acids is 4. The van der Waals surface area contributed by atoms with Gasteiger partial charge < -0.3 is 31.2 Å². The van der Waals surface area contributed by atoms with Gasteiger partial charge in [-0.25, -0.2) is 24.2 Å². The molecule has 0 radical (unpaired) electrons. The smallest absolute Gasteiger partial charge is 0.349 e. The first-order valence-electron chi connectivity index (χ1n) is 20.8. The van der Waals surface area contributed by atoms with Gasteiger partial charge in [0.15, 0.2) is 11.9 Å². The van der Waals surface area contributed by atoms with Gasteiger partial charge in [0.2, 0.25) is 24.2 Å². The summed E-state index contributed by atoms with van der Waals surface area (Å²) in [6.45, 7) is 3.58. The Balaban J connectivity index is 0.000000275. The number of Topliss-reactive ketones (excluding diaryl/α,β-unsaturated/α-hetero) is 2. The zero-order valence-electron chi connectivity index (χ0n) is 37.6. The Labute approximate surface area is 419 Å². The third-order valence-corrected chi connectivity index (χ3v) is 10.4. The second-order valence-electron chi connectivity index (χ2n) is 15.3. The maximum Gasteiger partial charge on any atom is 0.349 e. The summed E-state index contributed by atoms with van der Waals surface area (Å²) in [5.41, 5.74) is 19.2. The van der Waals surface area contributed by atoms with Crippen molar-refractivity contribution < 1.29 is 54.2 Å². The number of carboxylic acid groups (broad SMARTS) is 2. The Morgan fingerprint density at radius 1 is 0.536 bits per heavy atom. The van der Waals surface area contributed by atoms with E-state index in [2.05, 4.69) is 15.7 Å². The Kier molecular flexibility index (Phi) is 21.5. The monoisotopic (exact) mass is 989 g/mol. The van der Waals surface area contributed by atoms with Crippen LogP contribution in [0.25, 0.3) is 0 Å². The number of carbonyl (C=O) groups is 6. The van der Waals surface area contributed by atoms with E-state index < -0.39 is 48.4 Å². The van der Waals surface area contributed by atoms with Crippen LogP contribution in [0.2, 0.25) is 0 Å². The van der Waals surface area contributed by atoms with E-state index in [-0.39, 0.29) is 63.2 Å². The van der Waals surface area contributed by atoms with Crippen LogP contribution in [0, 0.1) is 13.8 Å². The fourth-order valence-corrected chi connectivity index (χ4v) is 6.87. The van der Waals surface area contributed by atoms with Gasteiger partial charge in [-0.2, -0.15) is 40.5 Å². The second kappa shape index (κ2) is 26.4. The molecule has 0 aliphatic carbocycles. The molecule has 2 aliphatic heterocycles. The third kappa shape index (κ3) is 14.9. The van der Waals surface area contributed by atoms with Crippen molar-refractivity contribution >= 4 is 87.4 Å². The number of carboxylic acids is 2. The molecule has 17 heteroatoms. The molecule has 7 N–H and O–H groups in total. The van der Waals surface area contributed by atoms with Gasteiger partial charge in [0.25, 0.3) is 0 Å². The van der Waals surface area contributed by atoms with Crippen LogP contribution in [-0.2, 0) is 41.5 Å². The van der Waals surface area contributed by atoms with E-state index in [0.717, 1.165) is 55.9 Å². The standard InChI is InChI=1S/C20H18O8.2C16H14N2O.3H2S/c1-11-3-7-13(8-4-11)19(25)27-15(17(21)22)16(18(23)24)28-20(26)14-9-5-12(2)6-10-14;2*17-16-14(19)10-12-8-4-5-9-13(12)15(18-16)11-6-2-1-3-7-11;;;/h3-10,15-16H,1-2H3,(H,21,22)(H,23,24);2*1-9,16H,10,17H2;3*1H2/p+1/t15-,16-;2*16-;;;/m000.../s1. The van der Waals surface area contributed by atoms with Gasteiger partial charge in [0.1, 0.15) is 0 Å². The van der Waals surface area contributed by atoms with E-state index >= 15 is 0 Å². The van der Waals surface area contributed by atoms with Crippen molar-refractivity contribution in [3.8, 4) is 0 Å². The normalized spacial score (nSPS) is 15.2. The van der Waals surface area contributed by atoms with Crippen molar-refractivity contribution in [3.05, 3.63) is 213 Å². The summed E-state index contributed by atoms with van der Waals surface area (Å²) in [4.78, 5) is 80.2. The van der Waals surface area contributed by atoms with Crippen LogP contribution in [0.3, 0.4) is 0 Å². The van der Waals surface area contributed by atoms with Crippen molar-refractivity contribution in [1.29, 1.82) is 0 Å². The molecule has 69 heavy (non-hydrogen) atoms. The Hall–Kier alpha value is -7.15. The van der Waals surface area contributed by atoms with Gasteiger partial charge in [0, 0.05) is 35.1 Å². The predicted molar refractivity (Wildman–Crippen MR) is 276 cm³/mol. The first-order chi connectivity index (χ1) is 31.7. The number of ketones is 2. The maximum atomic E-state index is 12.2. The van der Waals surface area contributed by atoms with Crippen molar-refractivity contribution in [3.63, 3.8) is 0 Å². The third-order valence-electron chi connectivity index (χ3n) is 10.4. The number of rotatable bonds is 9. The first-order valence-corrected chi connectivity index (χ1v) is 20.8. The number of fused-ring (bicyclic) bond motifs is 2. The van der Waals surface area contributed by atoms with Crippen LogP contribution < -0.4 is 11.5 Å². The molecular formula is C52H53N4O10S3+. The van der Waals surface area contributed by atoms with Crippen LogP contribution in [0.4, 0.5) is 0 Å². The number of hydrogen-bond donors (Lipinski definition) is 4. The summed E-state index contributed by atoms with van der Waals surface area (Å²) in [6, 6.07) is 47.6. The van der Waals surface area contributed by atoms with Crippen LogP contribution in [0.1, 0.15) is 65.2 Å². The molecule has 6 aromatic carbocycles. The lowest BCUT2D eigenvalue weighted by Crippen LogP contribution is -2.64. The van der Waals surface area contributed by atoms with Gasteiger partial charge >= 0.3 is 23.9 Å². The lowest BCUT2D eigenvalue weighted by Gasteiger charge is -2.21. The molecule has 2 heterocycles. The molecule has 358 valence electrons. The lowest BCUT2D eigenvalue weighted by molar-refractivity contribution is -0.400. The Morgan fingerprint density at radius 2 is 0.884 bits per heavy atom. The minimum atomic E-state index is -2.22. The number of quaternary nitrogens is 1.